The second kappa shape index (κ2) is 3.54. The van der Waals surface area contributed by atoms with Gasteiger partial charge < -0.3 is 0 Å². The zero-order valence-corrected chi connectivity index (χ0v) is 14.5. The molecule has 2 spiro atoms. The smallest absolute Gasteiger partial charge is 0.245 e. The fourth-order valence-electron chi connectivity index (χ4n) is 9.52. The van der Waals surface area contributed by atoms with Crippen LogP contribution >= 0.6 is 0 Å². The van der Waals surface area contributed by atoms with Crippen molar-refractivity contribution in [1.82, 2.24) is 13.9 Å². The Balaban J connectivity index is 1.44. The molecular weight excluding hydrogens is 326 g/mol. The molecule has 5 heteroatoms. The minimum Gasteiger partial charge on any atom is -0.245 e. The molecule has 9 rings (SSSR count). The molecule has 1 aromatic carbocycles. The van der Waals surface area contributed by atoms with Crippen molar-refractivity contribution in [3.8, 4) is 5.69 Å². The third kappa shape index (κ3) is 0.876. The summed E-state index contributed by atoms with van der Waals surface area (Å²) in [7, 11) is 0. The Kier molecular flexibility index (Phi) is 1.79. The van der Waals surface area contributed by atoms with Crippen LogP contribution in [-0.4, -0.2) is 13.9 Å². The molecule has 132 valence electrons. The Morgan fingerprint density at radius 1 is 0.769 bits per heavy atom. The Morgan fingerprint density at radius 2 is 1.31 bits per heavy atom. The molecule has 0 unspecified atom stereocenters. The quantitative estimate of drug-likeness (QED) is 0.795. The molecule has 26 heavy (non-hydrogen) atoms. The first-order valence-corrected chi connectivity index (χ1v) is 10.3. The van der Waals surface area contributed by atoms with Crippen molar-refractivity contribution < 1.29 is 0 Å². The fourth-order valence-corrected chi connectivity index (χ4v) is 9.52. The molecule has 1 aromatic heterocycles. The van der Waals surface area contributed by atoms with Crippen LogP contribution in [0.2, 0.25) is 0 Å². The van der Waals surface area contributed by atoms with E-state index in [-0.39, 0.29) is 11.4 Å². The van der Waals surface area contributed by atoms with Crippen LogP contribution in [-0.2, 0) is 0 Å². The number of hydrogen-bond donors (Lipinski definition) is 0. The van der Waals surface area contributed by atoms with Gasteiger partial charge >= 0.3 is 11.4 Å². The third-order valence-electron chi connectivity index (χ3n) is 9.73. The molecule has 5 saturated carbocycles. The van der Waals surface area contributed by atoms with Gasteiger partial charge in [-0.25, -0.2) is 23.5 Å². The number of benzene rings is 1. The highest BCUT2D eigenvalue weighted by Crippen LogP contribution is 3.03. The van der Waals surface area contributed by atoms with Crippen LogP contribution in [0.4, 0.5) is 0 Å². The zero-order chi connectivity index (χ0) is 17.0. The third-order valence-corrected chi connectivity index (χ3v) is 9.73. The normalized spacial score (nSPS) is 50.2. The highest BCUT2D eigenvalue weighted by molar-refractivity contribution is 5.48. The molecule has 0 amide bonds. The van der Waals surface area contributed by atoms with E-state index in [1.165, 1.54) is 36.7 Å². The molecule has 2 bridgehead atoms. The molecule has 7 aliphatic rings. The first-order valence-electron chi connectivity index (χ1n) is 10.3. The SMILES string of the molecule is O=c1n(-c2ccccc2)c(=O)n2n1[C@H]1[C@@H]3[C@H]4[C@H]5[C@@H]3[C@@]13CCCCC[C@]53[C@@H]42. The monoisotopic (exact) mass is 347 g/mol. The fraction of sp³-hybridized carbons (Fsp3) is 0.619. The minimum atomic E-state index is -0.101. The lowest BCUT2D eigenvalue weighted by Crippen LogP contribution is -3.00. The first-order chi connectivity index (χ1) is 12.7. The van der Waals surface area contributed by atoms with Gasteiger partial charge in [-0.2, -0.15) is 0 Å². The van der Waals surface area contributed by atoms with Gasteiger partial charge in [0.15, 0.2) is 0 Å². The van der Waals surface area contributed by atoms with Crippen LogP contribution in [0, 0.1) is 34.5 Å². The number of hydrogen-bond acceptors (Lipinski definition) is 2. The van der Waals surface area contributed by atoms with Gasteiger partial charge in [-0.3, -0.25) is 0 Å². The van der Waals surface area contributed by atoms with E-state index in [1.807, 2.05) is 39.7 Å². The predicted molar refractivity (Wildman–Crippen MR) is 94.3 cm³/mol. The Labute approximate surface area is 150 Å². The summed E-state index contributed by atoms with van der Waals surface area (Å²) in [5.74, 6) is 3.13. The van der Waals surface area contributed by atoms with Gasteiger partial charge in [0.25, 0.3) is 0 Å². The largest absolute Gasteiger partial charge is 0.352 e. The molecular formula is C21H21N3O2. The summed E-state index contributed by atoms with van der Waals surface area (Å²) in [5.41, 5.74) is 1.22. The number of nitrogens with zero attached hydrogens (tertiary/aromatic N) is 3. The number of aromatic nitrogens is 3. The van der Waals surface area contributed by atoms with Crippen LogP contribution in [0.5, 0.6) is 0 Å². The molecule has 0 N–H and O–H groups in total. The average molecular weight is 347 g/mol. The molecule has 5 aliphatic carbocycles. The Bertz CT molecular complexity index is 1060. The summed E-state index contributed by atoms with van der Waals surface area (Å²) in [6, 6.07) is 10.1. The summed E-state index contributed by atoms with van der Waals surface area (Å²) in [6.07, 6.45) is 6.52. The Hall–Kier alpha value is -2.04. The predicted octanol–water partition coefficient (Wildman–Crippen LogP) is 2.35. The molecule has 2 aromatic rings. The molecule has 5 fully saturated rings. The van der Waals surface area contributed by atoms with E-state index in [4.69, 9.17) is 0 Å². The molecule has 3 heterocycles. The summed E-state index contributed by atoms with van der Waals surface area (Å²) >= 11 is 0. The van der Waals surface area contributed by atoms with E-state index < -0.39 is 0 Å². The van der Waals surface area contributed by atoms with Gasteiger partial charge in [-0.05, 0) is 48.6 Å². The lowest BCUT2D eigenvalue weighted by atomic mass is 9.05. The summed E-state index contributed by atoms with van der Waals surface area (Å²) in [6.45, 7) is 0. The van der Waals surface area contributed by atoms with Gasteiger partial charge in [0, 0.05) is 10.8 Å². The maximum Gasteiger partial charge on any atom is 0.352 e. The Morgan fingerprint density at radius 3 is 1.85 bits per heavy atom. The highest BCUT2D eigenvalue weighted by atomic mass is 16.2. The van der Waals surface area contributed by atoms with E-state index in [9.17, 15) is 9.59 Å². The summed E-state index contributed by atoms with van der Waals surface area (Å²) < 4.78 is 5.28. The average Bonchev–Trinajstić information content (AvgIpc) is 2.78. The van der Waals surface area contributed by atoms with Gasteiger partial charge in [0.05, 0.1) is 17.8 Å². The second-order valence-corrected chi connectivity index (χ2v) is 9.66. The minimum absolute atomic E-state index is 0.101. The maximum atomic E-state index is 13.4. The van der Waals surface area contributed by atoms with E-state index in [0.29, 0.717) is 40.4 Å². The van der Waals surface area contributed by atoms with Crippen molar-refractivity contribution in [2.45, 2.75) is 44.2 Å². The lowest BCUT2D eigenvalue weighted by Gasteiger charge is -3.01. The molecule has 0 radical (unpaired) electrons. The number of para-hydroxylation sites is 1. The van der Waals surface area contributed by atoms with Gasteiger partial charge in [-0.15, -0.1) is 0 Å². The van der Waals surface area contributed by atoms with Gasteiger partial charge in [0.1, 0.15) is 0 Å². The molecule has 0 saturated heterocycles. The molecule has 5 nitrogen and oxygen atoms in total. The van der Waals surface area contributed by atoms with E-state index in [0.717, 1.165) is 11.8 Å². The van der Waals surface area contributed by atoms with E-state index >= 15 is 0 Å². The molecule has 2 aliphatic heterocycles. The first kappa shape index (κ1) is 13.2. The lowest BCUT2D eigenvalue weighted by molar-refractivity contribution is -0.552. The van der Waals surface area contributed by atoms with Crippen molar-refractivity contribution >= 4 is 0 Å². The van der Waals surface area contributed by atoms with Crippen molar-refractivity contribution in [3.63, 3.8) is 0 Å². The summed E-state index contributed by atoms with van der Waals surface area (Å²) in [4.78, 5) is 26.8. The number of rotatable bonds is 1. The van der Waals surface area contributed by atoms with Crippen LogP contribution in [0.15, 0.2) is 39.9 Å². The zero-order valence-electron chi connectivity index (χ0n) is 14.5. The van der Waals surface area contributed by atoms with E-state index in [1.54, 1.807) is 0 Å². The second-order valence-electron chi connectivity index (χ2n) is 9.66. The van der Waals surface area contributed by atoms with Crippen molar-refractivity contribution in [2.24, 2.45) is 34.5 Å². The van der Waals surface area contributed by atoms with Crippen LogP contribution in [0.25, 0.3) is 5.69 Å². The van der Waals surface area contributed by atoms with Gasteiger partial charge in [0.2, 0.25) is 0 Å². The van der Waals surface area contributed by atoms with Crippen LogP contribution in [0.1, 0.15) is 44.2 Å². The molecule has 8 atom stereocenters. The highest BCUT2D eigenvalue weighted by Gasteiger charge is 3.02. The standard InChI is InChI=1S/C21H21N3O2/c25-18-22(11-7-3-1-4-8-11)19(26)24-17-13-12-14-15(13)21(17)10-6-2-5-9-20(14,21)16(12)23(18)24/h1,3-4,7-8,12-17H,2,5-6,9-10H2/t12-,13+,14-,15+,16+,17-,20+,21-. The van der Waals surface area contributed by atoms with Crippen LogP contribution in [0.3, 0.4) is 0 Å². The van der Waals surface area contributed by atoms with Crippen molar-refractivity contribution in [1.29, 1.82) is 0 Å². The summed E-state index contributed by atoms with van der Waals surface area (Å²) in [5, 5.41) is 0. The van der Waals surface area contributed by atoms with Crippen molar-refractivity contribution in [2.75, 3.05) is 0 Å². The topological polar surface area (TPSA) is 48.9 Å². The van der Waals surface area contributed by atoms with E-state index in [2.05, 4.69) is 0 Å². The van der Waals surface area contributed by atoms with Crippen molar-refractivity contribution in [3.05, 3.63) is 51.3 Å². The van der Waals surface area contributed by atoms with Crippen LogP contribution < -0.4 is 11.4 Å². The van der Waals surface area contributed by atoms with Gasteiger partial charge in [-0.1, -0.05) is 37.5 Å². The maximum absolute atomic E-state index is 13.4.